The van der Waals surface area contributed by atoms with Gasteiger partial charge in [-0.05, 0) is 30.7 Å². The van der Waals surface area contributed by atoms with Crippen molar-refractivity contribution in [1.82, 2.24) is 0 Å². The first-order valence-electron chi connectivity index (χ1n) is 5.13. The lowest BCUT2D eigenvalue weighted by atomic mass is 10.0. The highest BCUT2D eigenvalue weighted by Gasteiger charge is 1.98. The normalized spacial score (nSPS) is 10.0. The van der Waals surface area contributed by atoms with E-state index in [2.05, 4.69) is 18.9 Å². The fourth-order valence-corrected chi connectivity index (χ4v) is 1.27. The average molecular weight is 216 g/mol. The Kier molecular flexibility index (Phi) is 7.55. The minimum absolute atomic E-state index is 0.808. The van der Waals surface area contributed by atoms with Crippen molar-refractivity contribution in [2.24, 2.45) is 5.73 Å². The highest BCUT2D eigenvalue weighted by Crippen LogP contribution is 2.15. The molecule has 0 unspecified atom stereocenters. The quantitative estimate of drug-likeness (QED) is 0.600. The molecule has 0 spiro atoms. The molecule has 0 aromatic heterocycles. The molecule has 0 aliphatic rings. The average Bonchev–Trinajstić information content (AvgIpc) is 2.34. The second-order valence-electron chi connectivity index (χ2n) is 3.06. The molecule has 0 fully saturated rings. The summed E-state index contributed by atoms with van der Waals surface area (Å²) >= 11 is 0. The van der Waals surface area contributed by atoms with Gasteiger partial charge in [0.05, 0.1) is 0 Å². The summed E-state index contributed by atoms with van der Waals surface area (Å²) in [5, 5.41) is 0. The van der Waals surface area contributed by atoms with E-state index < -0.39 is 0 Å². The van der Waals surface area contributed by atoms with Crippen LogP contribution in [-0.2, 0) is 6.42 Å². The van der Waals surface area contributed by atoms with E-state index in [1.807, 2.05) is 36.4 Å². The number of para-hydroxylation sites is 1. The summed E-state index contributed by atoms with van der Waals surface area (Å²) in [6.07, 6.45) is 6.34. The lowest BCUT2D eigenvalue weighted by Crippen LogP contribution is -1.94. The Labute approximate surface area is 98.0 Å². The third-order valence-electron chi connectivity index (χ3n) is 2.04. The molecule has 1 aromatic rings. The molecule has 0 saturated carbocycles. The number of benzene rings is 1. The molecule has 0 bridgehead atoms. The molecule has 0 saturated heterocycles. The minimum Gasteiger partial charge on any atom is -0.398 e. The maximum atomic E-state index is 5.83. The largest absolute Gasteiger partial charge is 0.398 e. The first kappa shape index (κ1) is 14.2. The first-order valence-corrected chi connectivity index (χ1v) is 5.13. The van der Waals surface area contributed by atoms with Crippen LogP contribution in [0.2, 0.25) is 0 Å². The molecular weight excluding hydrogens is 196 g/mol. The fraction of sp³-hybridized carbons (Fsp3) is 0.143. The minimum atomic E-state index is 0.808. The van der Waals surface area contributed by atoms with Gasteiger partial charge in [0, 0.05) is 5.69 Å². The van der Waals surface area contributed by atoms with E-state index in [4.69, 9.17) is 5.73 Å². The number of hydrogen-bond donors (Lipinski definition) is 2. The molecule has 0 radical (unpaired) electrons. The van der Waals surface area contributed by atoms with Gasteiger partial charge in [-0.25, -0.2) is 0 Å². The molecule has 0 amide bonds. The molecule has 2 nitrogen and oxygen atoms in total. The van der Waals surface area contributed by atoms with Crippen molar-refractivity contribution in [3.8, 4) is 0 Å². The van der Waals surface area contributed by atoms with Crippen LogP contribution in [0.4, 0.5) is 5.69 Å². The van der Waals surface area contributed by atoms with Gasteiger partial charge in [-0.15, -0.1) is 0 Å². The Bertz CT molecular complexity index is 365. The summed E-state index contributed by atoms with van der Waals surface area (Å²) in [6.45, 7) is 7.41. The van der Waals surface area contributed by atoms with Crippen LogP contribution in [-0.4, -0.2) is 7.05 Å². The van der Waals surface area contributed by atoms with Gasteiger partial charge in [-0.3, -0.25) is 0 Å². The first-order chi connectivity index (χ1) is 7.77. The van der Waals surface area contributed by atoms with Gasteiger partial charge in [0.25, 0.3) is 0 Å². The molecule has 86 valence electrons. The summed E-state index contributed by atoms with van der Waals surface area (Å²) in [5.74, 6) is 0. The van der Waals surface area contributed by atoms with E-state index >= 15 is 0 Å². The molecule has 16 heavy (non-hydrogen) atoms. The van der Waals surface area contributed by atoms with E-state index in [0.717, 1.165) is 23.2 Å². The summed E-state index contributed by atoms with van der Waals surface area (Å²) in [7, 11) is 1.50. The molecule has 0 aliphatic carbocycles. The van der Waals surface area contributed by atoms with E-state index in [-0.39, 0.29) is 0 Å². The number of rotatable bonds is 4. The van der Waals surface area contributed by atoms with E-state index in [0.29, 0.717) is 0 Å². The number of allylic oxidation sites excluding steroid dienone is 4. The second kappa shape index (κ2) is 8.50. The predicted octanol–water partition coefficient (Wildman–Crippen LogP) is 2.68. The van der Waals surface area contributed by atoms with Crippen molar-refractivity contribution in [1.29, 1.82) is 0 Å². The van der Waals surface area contributed by atoms with Gasteiger partial charge in [0.15, 0.2) is 0 Å². The standard InChI is InChI=1S/C13H15N.CH5N/c1-3-7-11(4-2)10-12-8-5-6-9-13(12)14;1-2/h3-9H,1-2,10,14H2;2H2,1H3/b11-7+;. The zero-order valence-corrected chi connectivity index (χ0v) is 9.82. The summed E-state index contributed by atoms with van der Waals surface area (Å²) < 4.78 is 0. The van der Waals surface area contributed by atoms with Gasteiger partial charge >= 0.3 is 0 Å². The van der Waals surface area contributed by atoms with Gasteiger partial charge < -0.3 is 11.5 Å². The smallest absolute Gasteiger partial charge is 0.0349 e. The lowest BCUT2D eigenvalue weighted by molar-refractivity contribution is 1.20. The van der Waals surface area contributed by atoms with Crippen LogP contribution in [0.15, 0.2) is 61.2 Å². The van der Waals surface area contributed by atoms with Crippen molar-refractivity contribution >= 4 is 5.69 Å². The fourth-order valence-electron chi connectivity index (χ4n) is 1.27. The van der Waals surface area contributed by atoms with Crippen LogP contribution in [0.5, 0.6) is 0 Å². The molecule has 1 rings (SSSR count). The topological polar surface area (TPSA) is 52.0 Å². The molecule has 0 aliphatic heterocycles. The van der Waals surface area contributed by atoms with Gasteiger partial charge in [-0.1, -0.05) is 49.6 Å². The van der Waals surface area contributed by atoms with Gasteiger partial charge in [0.1, 0.15) is 0 Å². The van der Waals surface area contributed by atoms with Crippen LogP contribution >= 0.6 is 0 Å². The van der Waals surface area contributed by atoms with Crippen LogP contribution in [0.1, 0.15) is 5.56 Å². The van der Waals surface area contributed by atoms with Crippen LogP contribution in [0.3, 0.4) is 0 Å². The van der Waals surface area contributed by atoms with Crippen molar-refractivity contribution in [2.75, 3.05) is 12.8 Å². The highest BCUT2D eigenvalue weighted by atomic mass is 14.6. The lowest BCUT2D eigenvalue weighted by Gasteiger charge is -2.05. The predicted molar refractivity (Wildman–Crippen MR) is 73.1 cm³/mol. The van der Waals surface area contributed by atoms with E-state index in [1.165, 1.54) is 7.05 Å². The zero-order valence-electron chi connectivity index (χ0n) is 9.82. The third-order valence-corrected chi connectivity index (χ3v) is 2.04. The highest BCUT2D eigenvalue weighted by molar-refractivity contribution is 5.49. The van der Waals surface area contributed by atoms with Crippen molar-refractivity contribution < 1.29 is 0 Å². The van der Waals surface area contributed by atoms with Crippen LogP contribution < -0.4 is 11.5 Å². The molecule has 4 N–H and O–H groups in total. The Morgan fingerprint density at radius 3 is 2.38 bits per heavy atom. The Morgan fingerprint density at radius 1 is 1.25 bits per heavy atom. The van der Waals surface area contributed by atoms with Crippen molar-refractivity contribution in [3.05, 3.63) is 66.8 Å². The van der Waals surface area contributed by atoms with Gasteiger partial charge in [0.2, 0.25) is 0 Å². The molecule has 1 aromatic carbocycles. The maximum Gasteiger partial charge on any atom is 0.0349 e. The molecule has 0 heterocycles. The maximum absolute atomic E-state index is 5.83. The number of nitrogen functional groups attached to an aromatic ring is 1. The number of anilines is 1. The number of hydrogen-bond acceptors (Lipinski definition) is 2. The Hall–Kier alpha value is -1.80. The van der Waals surface area contributed by atoms with E-state index in [1.54, 1.807) is 6.08 Å². The van der Waals surface area contributed by atoms with Crippen molar-refractivity contribution in [2.45, 2.75) is 6.42 Å². The number of nitrogens with two attached hydrogens (primary N) is 2. The van der Waals surface area contributed by atoms with Crippen LogP contribution in [0.25, 0.3) is 0 Å². The SMILES string of the molecule is C=C/C=C(\C=C)Cc1ccccc1N.CN. The van der Waals surface area contributed by atoms with E-state index in [9.17, 15) is 0 Å². The van der Waals surface area contributed by atoms with Crippen molar-refractivity contribution in [3.63, 3.8) is 0 Å². The molecular formula is C14H20N2. The zero-order chi connectivity index (χ0) is 12.4. The Balaban J connectivity index is 0.00000106. The molecule has 2 heteroatoms. The summed E-state index contributed by atoms with van der Waals surface area (Å²) in [6, 6.07) is 7.85. The van der Waals surface area contributed by atoms with Gasteiger partial charge in [-0.2, -0.15) is 0 Å². The monoisotopic (exact) mass is 216 g/mol. The Morgan fingerprint density at radius 2 is 1.88 bits per heavy atom. The summed E-state index contributed by atoms with van der Waals surface area (Å²) in [4.78, 5) is 0. The summed E-state index contributed by atoms with van der Waals surface area (Å²) in [5.41, 5.74) is 13.4. The van der Waals surface area contributed by atoms with Crippen LogP contribution in [0, 0.1) is 0 Å². The third kappa shape index (κ3) is 4.62. The second-order valence-corrected chi connectivity index (χ2v) is 3.06. The molecule has 0 atom stereocenters.